The Morgan fingerprint density at radius 2 is 1.77 bits per heavy atom. The molecule has 120 valence electrons. The highest BCUT2D eigenvalue weighted by atomic mass is 18.2. The zero-order valence-corrected chi connectivity index (χ0v) is 12.0. The maximum Gasteiger partial charge on any atom is 0.253 e. The van der Waals surface area contributed by atoms with Gasteiger partial charge in [-0.15, -0.1) is 5.10 Å². The first-order valence-electron chi connectivity index (χ1n) is 6.84. The zero-order valence-electron chi connectivity index (χ0n) is 12.0. The van der Waals surface area contributed by atoms with E-state index >= 15 is 0 Å². The summed E-state index contributed by atoms with van der Waals surface area (Å²) in [6.45, 7) is 1.08. The summed E-state index contributed by atoms with van der Waals surface area (Å²) in [5, 5.41) is 7.79. The summed E-state index contributed by atoms with van der Waals surface area (Å²) in [6, 6.07) is 0. The van der Waals surface area contributed by atoms with Crippen molar-refractivity contribution in [3.05, 3.63) is 24.0 Å². The summed E-state index contributed by atoms with van der Waals surface area (Å²) in [4.78, 5) is 23.7. The fourth-order valence-corrected chi connectivity index (χ4v) is 1.81. The number of imide groups is 1. The molecule has 2 amide bonds. The quantitative estimate of drug-likeness (QED) is 0.436. The van der Waals surface area contributed by atoms with Crippen LogP contribution in [0.3, 0.4) is 0 Å². The van der Waals surface area contributed by atoms with Gasteiger partial charge in [-0.1, -0.05) is 5.21 Å². The van der Waals surface area contributed by atoms with Crippen LogP contribution in [0.4, 0.5) is 4.39 Å². The first-order chi connectivity index (χ1) is 10.7. The minimum absolute atomic E-state index is 0.0768. The Bertz CT molecular complexity index is 528. The predicted octanol–water partition coefficient (Wildman–Crippen LogP) is -0.294. The van der Waals surface area contributed by atoms with Crippen molar-refractivity contribution in [2.24, 2.45) is 0 Å². The maximum absolute atomic E-state index is 11.8. The van der Waals surface area contributed by atoms with E-state index in [0.29, 0.717) is 18.8 Å². The van der Waals surface area contributed by atoms with E-state index in [-0.39, 0.29) is 38.2 Å². The number of rotatable bonds is 10. The normalized spacial score (nSPS) is 14.3. The number of amides is 2. The number of aromatic nitrogens is 3. The van der Waals surface area contributed by atoms with E-state index in [0.717, 1.165) is 4.90 Å². The molecule has 8 nitrogen and oxygen atoms in total. The molecule has 0 saturated heterocycles. The lowest BCUT2D eigenvalue weighted by atomic mass is 10.5. The number of carbonyl (C=O) groups is 2. The third kappa shape index (κ3) is 4.71. The van der Waals surface area contributed by atoms with Gasteiger partial charge in [-0.25, -0.2) is 9.07 Å². The molecule has 0 radical (unpaired) electrons. The molecule has 1 aromatic rings. The van der Waals surface area contributed by atoms with Crippen LogP contribution in [0.25, 0.3) is 0 Å². The summed E-state index contributed by atoms with van der Waals surface area (Å²) in [7, 11) is 0. The van der Waals surface area contributed by atoms with Crippen LogP contribution in [0.15, 0.2) is 18.3 Å². The van der Waals surface area contributed by atoms with E-state index in [1.807, 2.05) is 0 Å². The standard InChI is InChI=1S/C13H17FN4O4/c14-3-6-21-7-4-17-9-11(15-16-17)10-22-8-5-18-12(19)1-2-13(18)20/h1-2,9H,3-8,10H2/i14-1. The fraction of sp³-hybridized carbons (Fsp3) is 0.538. The van der Waals surface area contributed by atoms with Crippen molar-refractivity contribution in [2.45, 2.75) is 13.2 Å². The van der Waals surface area contributed by atoms with Crippen molar-refractivity contribution in [3.63, 3.8) is 0 Å². The highest BCUT2D eigenvalue weighted by molar-refractivity contribution is 6.12. The van der Waals surface area contributed by atoms with E-state index in [1.54, 1.807) is 10.9 Å². The Morgan fingerprint density at radius 3 is 2.50 bits per heavy atom. The number of carbonyl (C=O) groups excluding carboxylic acids is 2. The Labute approximate surface area is 126 Å². The highest BCUT2D eigenvalue weighted by Crippen LogP contribution is 2.03. The minimum Gasteiger partial charge on any atom is -0.377 e. The topological polar surface area (TPSA) is 86.5 Å². The van der Waals surface area contributed by atoms with Gasteiger partial charge in [0.2, 0.25) is 0 Å². The van der Waals surface area contributed by atoms with Crippen LogP contribution < -0.4 is 0 Å². The van der Waals surface area contributed by atoms with Gasteiger partial charge in [0.25, 0.3) is 11.8 Å². The van der Waals surface area contributed by atoms with Crippen molar-refractivity contribution >= 4 is 11.8 Å². The van der Waals surface area contributed by atoms with Crippen molar-refractivity contribution < 1.29 is 23.5 Å². The molecule has 0 aliphatic carbocycles. The number of nitrogens with zero attached hydrogens (tertiary/aromatic N) is 4. The van der Waals surface area contributed by atoms with Crippen molar-refractivity contribution in [3.8, 4) is 0 Å². The van der Waals surface area contributed by atoms with Gasteiger partial charge in [-0.2, -0.15) is 0 Å². The smallest absolute Gasteiger partial charge is 0.253 e. The van der Waals surface area contributed by atoms with Gasteiger partial charge in [-0.3, -0.25) is 14.5 Å². The monoisotopic (exact) mass is 311 g/mol. The third-order valence-electron chi connectivity index (χ3n) is 2.88. The summed E-state index contributed by atoms with van der Waals surface area (Å²) in [5.74, 6) is -0.652. The van der Waals surface area contributed by atoms with Gasteiger partial charge in [0.15, 0.2) is 0 Å². The lowest BCUT2D eigenvalue weighted by molar-refractivity contribution is -0.137. The summed E-state index contributed by atoms with van der Waals surface area (Å²) >= 11 is 0. The second-order valence-electron chi connectivity index (χ2n) is 4.49. The summed E-state index contributed by atoms with van der Waals surface area (Å²) in [6.07, 6.45) is 4.17. The van der Waals surface area contributed by atoms with E-state index in [2.05, 4.69) is 10.3 Å². The lowest BCUT2D eigenvalue weighted by Crippen LogP contribution is -2.33. The van der Waals surface area contributed by atoms with Crippen LogP contribution in [-0.4, -0.2) is 64.7 Å². The van der Waals surface area contributed by atoms with Crippen LogP contribution >= 0.6 is 0 Å². The Hall–Kier alpha value is -2.13. The molecule has 0 N–H and O–H groups in total. The van der Waals surface area contributed by atoms with Crippen LogP contribution in [-0.2, 0) is 32.2 Å². The molecule has 2 rings (SSSR count). The number of hydrogen-bond donors (Lipinski definition) is 0. The number of hydrogen-bond acceptors (Lipinski definition) is 6. The van der Waals surface area contributed by atoms with Crippen LogP contribution in [0.2, 0.25) is 0 Å². The lowest BCUT2D eigenvalue weighted by Gasteiger charge is -2.12. The Morgan fingerprint density at radius 1 is 1.05 bits per heavy atom. The molecule has 1 aliphatic rings. The number of halogens is 1. The molecule has 0 spiro atoms. The van der Waals surface area contributed by atoms with Gasteiger partial charge in [0.05, 0.1) is 45.7 Å². The minimum atomic E-state index is -0.506. The summed E-state index contributed by atoms with van der Waals surface area (Å²) < 4.78 is 23.8. The molecular formula is C13H17FN4O4. The second-order valence-corrected chi connectivity index (χ2v) is 4.49. The molecule has 1 aromatic heterocycles. The second kappa shape index (κ2) is 8.35. The average molecular weight is 311 g/mol. The molecule has 0 saturated carbocycles. The van der Waals surface area contributed by atoms with E-state index in [4.69, 9.17) is 9.47 Å². The number of ether oxygens (including phenoxy) is 2. The maximum atomic E-state index is 11.8. The molecule has 0 unspecified atom stereocenters. The van der Waals surface area contributed by atoms with Gasteiger partial charge in [-0.05, 0) is 0 Å². The molecule has 1 aliphatic heterocycles. The Kier molecular flexibility index (Phi) is 6.16. The average Bonchev–Trinajstić information content (AvgIpc) is 3.08. The largest absolute Gasteiger partial charge is 0.377 e. The third-order valence-corrected chi connectivity index (χ3v) is 2.88. The van der Waals surface area contributed by atoms with Crippen LogP contribution in [0.5, 0.6) is 0 Å². The van der Waals surface area contributed by atoms with Gasteiger partial charge < -0.3 is 9.47 Å². The predicted molar refractivity (Wildman–Crippen MR) is 72.3 cm³/mol. The molecule has 9 heteroatoms. The molecule has 0 bridgehead atoms. The molecule has 2 heterocycles. The molecule has 0 atom stereocenters. The SMILES string of the molecule is O=C1C=CC(=O)N1CCOCc1cn(CCOCC[18F])nn1. The van der Waals surface area contributed by atoms with Gasteiger partial charge in [0.1, 0.15) is 12.4 Å². The molecule has 22 heavy (non-hydrogen) atoms. The molecule has 0 fully saturated rings. The first kappa shape index (κ1) is 16.2. The fourth-order valence-electron chi connectivity index (χ4n) is 1.81. The van der Waals surface area contributed by atoms with Crippen LogP contribution in [0.1, 0.15) is 5.69 Å². The summed E-state index contributed by atoms with van der Waals surface area (Å²) in [5.41, 5.74) is 0.627. The van der Waals surface area contributed by atoms with E-state index in [1.165, 1.54) is 12.2 Å². The van der Waals surface area contributed by atoms with Gasteiger partial charge >= 0.3 is 0 Å². The van der Waals surface area contributed by atoms with Crippen molar-refractivity contribution in [1.82, 2.24) is 19.9 Å². The highest BCUT2D eigenvalue weighted by Gasteiger charge is 2.22. The van der Waals surface area contributed by atoms with E-state index < -0.39 is 6.67 Å². The molecule has 0 aromatic carbocycles. The number of alkyl halides is 1. The Balaban J connectivity index is 1.62. The first-order valence-corrected chi connectivity index (χ1v) is 6.84. The van der Waals surface area contributed by atoms with Crippen molar-refractivity contribution in [2.75, 3.05) is 33.0 Å². The zero-order chi connectivity index (χ0) is 15.8. The van der Waals surface area contributed by atoms with Crippen molar-refractivity contribution in [1.29, 1.82) is 0 Å². The molecular weight excluding hydrogens is 294 g/mol. The van der Waals surface area contributed by atoms with Crippen LogP contribution in [0, 0.1) is 0 Å². The van der Waals surface area contributed by atoms with Gasteiger partial charge in [0, 0.05) is 12.2 Å². The van der Waals surface area contributed by atoms with E-state index in [9.17, 15) is 14.0 Å².